The van der Waals surface area contributed by atoms with Crippen molar-refractivity contribution < 1.29 is 0 Å². The standard InChI is InChI=1S/C27H28S2/c1-3-10-24-26(20-12-5-7-16-22(20)28-24)18-14-9-15-19(18)27-21-13-6-8-17-23(21)29-25(27)11-4-2/h5-8,12-13,16-17H,3-4,9-11,14-15H2,1-2H3. The topological polar surface area (TPSA) is 0 Å². The van der Waals surface area contributed by atoms with Crippen LogP contribution in [0.2, 0.25) is 0 Å². The number of hydrogen-bond donors (Lipinski definition) is 0. The zero-order chi connectivity index (χ0) is 19.8. The second kappa shape index (κ2) is 8.08. The number of allylic oxidation sites excluding steroid dienone is 2. The Labute approximate surface area is 181 Å². The molecule has 0 N–H and O–H groups in total. The highest BCUT2D eigenvalue weighted by molar-refractivity contribution is 7.19. The first-order chi connectivity index (χ1) is 14.3. The van der Waals surface area contributed by atoms with Crippen LogP contribution in [0.5, 0.6) is 0 Å². The molecule has 0 bridgehead atoms. The molecule has 0 radical (unpaired) electrons. The minimum Gasteiger partial charge on any atom is -0.140 e. The van der Waals surface area contributed by atoms with Gasteiger partial charge in [-0.05, 0) is 66.5 Å². The van der Waals surface area contributed by atoms with Crippen LogP contribution in [0, 0.1) is 0 Å². The Hall–Kier alpha value is -1.90. The van der Waals surface area contributed by atoms with E-state index in [4.69, 9.17) is 0 Å². The Morgan fingerprint density at radius 3 is 1.55 bits per heavy atom. The van der Waals surface area contributed by atoms with Crippen LogP contribution in [0.3, 0.4) is 0 Å². The van der Waals surface area contributed by atoms with Gasteiger partial charge in [0.05, 0.1) is 0 Å². The fraction of sp³-hybridized carbons (Fsp3) is 0.333. The number of rotatable bonds is 6. The third kappa shape index (κ3) is 3.27. The highest BCUT2D eigenvalue weighted by atomic mass is 32.1. The highest BCUT2D eigenvalue weighted by Gasteiger charge is 2.26. The molecule has 0 unspecified atom stereocenters. The van der Waals surface area contributed by atoms with Crippen molar-refractivity contribution in [3.63, 3.8) is 0 Å². The summed E-state index contributed by atoms with van der Waals surface area (Å²) >= 11 is 4.04. The number of fused-ring (bicyclic) bond motifs is 2. The van der Waals surface area contributed by atoms with Gasteiger partial charge in [0.15, 0.2) is 0 Å². The first-order valence-electron chi connectivity index (χ1n) is 11.0. The van der Waals surface area contributed by atoms with Crippen molar-refractivity contribution in [3.8, 4) is 0 Å². The van der Waals surface area contributed by atoms with Crippen LogP contribution in [0.25, 0.3) is 31.3 Å². The molecule has 148 valence electrons. The lowest BCUT2D eigenvalue weighted by atomic mass is 9.92. The van der Waals surface area contributed by atoms with Crippen molar-refractivity contribution >= 4 is 54.0 Å². The molecule has 1 aliphatic rings. The van der Waals surface area contributed by atoms with Gasteiger partial charge >= 0.3 is 0 Å². The molecule has 2 aromatic heterocycles. The Morgan fingerprint density at radius 1 is 0.655 bits per heavy atom. The zero-order valence-corrected chi connectivity index (χ0v) is 19.0. The minimum absolute atomic E-state index is 1.19. The molecule has 0 saturated carbocycles. The van der Waals surface area contributed by atoms with E-state index >= 15 is 0 Å². The average Bonchev–Trinajstić information content (AvgIpc) is 3.42. The Bertz CT molecular complexity index is 1110. The summed E-state index contributed by atoms with van der Waals surface area (Å²) in [5, 5.41) is 2.96. The number of benzene rings is 2. The van der Waals surface area contributed by atoms with Gasteiger partial charge in [-0.2, -0.15) is 0 Å². The summed E-state index contributed by atoms with van der Waals surface area (Å²) in [6, 6.07) is 18.1. The van der Waals surface area contributed by atoms with E-state index in [0.717, 1.165) is 0 Å². The van der Waals surface area contributed by atoms with E-state index in [2.05, 4.69) is 62.4 Å². The number of hydrogen-bond acceptors (Lipinski definition) is 2. The maximum absolute atomic E-state index is 2.35. The summed E-state index contributed by atoms with van der Waals surface area (Å²) in [7, 11) is 0. The Morgan fingerprint density at radius 2 is 1.10 bits per heavy atom. The quantitative estimate of drug-likeness (QED) is 0.294. The molecule has 5 rings (SSSR count). The molecule has 29 heavy (non-hydrogen) atoms. The molecule has 2 aromatic carbocycles. The molecule has 2 heteroatoms. The maximum Gasteiger partial charge on any atom is 0.0352 e. The van der Waals surface area contributed by atoms with Crippen molar-refractivity contribution in [1.29, 1.82) is 0 Å². The molecular weight excluding hydrogens is 388 g/mol. The molecule has 0 fully saturated rings. The molecule has 0 saturated heterocycles. The summed E-state index contributed by atoms with van der Waals surface area (Å²) in [6.07, 6.45) is 8.55. The first-order valence-corrected chi connectivity index (χ1v) is 12.7. The molecule has 0 amide bonds. The molecule has 0 aliphatic heterocycles. The lowest BCUT2D eigenvalue weighted by molar-refractivity contribution is 0.923. The Balaban J connectivity index is 1.79. The third-order valence-corrected chi connectivity index (χ3v) is 8.57. The summed E-state index contributed by atoms with van der Waals surface area (Å²) in [4.78, 5) is 3.19. The van der Waals surface area contributed by atoms with Crippen molar-refractivity contribution in [3.05, 3.63) is 69.4 Å². The summed E-state index contributed by atoms with van der Waals surface area (Å²) in [5.74, 6) is 0. The van der Waals surface area contributed by atoms with Gasteiger partial charge in [0.25, 0.3) is 0 Å². The summed E-state index contributed by atoms with van der Waals surface area (Å²) in [6.45, 7) is 4.62. The SMILES string of the molecule is CCCc1sc2ccccc2c1C1=C(c2c(CCC)sc3ccccc23)CCC1. The number of thiophene rings is 2. The first kappa shape index (κ1) is 19.1. The van der Waals surface area contributed by atoms with E-state index in [0.29, 0.717) is 0 Å². The third-order valence-electron chi connectivity index (χ3n) is 6.11. The largest absolute Gasteiger partial charge is 0.140 e. The maximum atomic E-state index is 2.35. The summed E-state index contributed by atoms with van der Waals surface area (Å²) in [5.41, 5.74) is 6.45. The molecular formula is C27H28S2. The lowest BCUT2D eigenvalue weighted by Crippen LogP contribution is -1.92. The van der Waals surface area contributed by atoms with Crippen LogP contribution in [0.15, 0.2) is 48.5 Å². The molecule has 4 aromatic rings. The van der Waals surface area contributed by atoms with Crippen molar-refractivity contribution in [1.82, 2.24) is 0 Å². The predicted octanol–water partition coefficient (Wildman–Crippen LogP) is 9.12. The van der Waals surface area contributed by atoms with Gasteiger partial charge in [0.1, 0.15) is 0 Å². The van der Waals surface area contributed by atoms with Gasteiger partial charge < -0.3 is 0 Å². The van der Waals surface area contributed by atoms with E-state index in [1.54, 1.807) is 32.0 Å². The molecule has 0 atom stereocenters. The summed E-state index contributed by atoms with van der Waals surface area (Å²) < 4.78 is 2.90. The molecule has 2 heterocycles. The van der Waals surface area contributed by atoms with Gasteiger partial charge in [-0.15, -0.1) is 22.7 Å². The van der Waals surface area contributed by atoms with Crippen LogP contribution < -0.4 is 0 Å². The molecule has 0 spiro atoms. The Kier molecular flexibility index (Phi) is 5.32. The van der Waals surface area contributed by atoms with E-state index in [1.807, 2.05) is 22.7 Å². The van der Waals surface area contributed by atoms with Crippen LogP contribution in [-0.4, -0.2) is 0 Å². The van der Waals surface area contributed by atoms with Gasteiger partial charge in [0, 0.05) is 29.9 Å². The van der Waals surface area contributed by atoms with E-state index in [-0.39, 0.29) is 0 Å². The average molecular weight is 417 g/mol. The van der Waals surface area contributed by atoms with E-state index in [9.17, 15) is 0 Å². The fourth-order valence-electron chi connectivity index (χ4n) is 4.96. The van der Waals surface area contributed by atoms with Gasteiger partial charge in [-0.25, -0.2) is 0 Å². The highest BCUT2D eigenvalue weighted by Crippen LogP contribution is 2.49. The van der Waals surface area contributed by atoms with Gasteiger partial charge in [0.2, 0.25) is 0 Å². The molecule has 0 nitrogen and oxygen atoms in total. The number of aryl methyl sites for hydroxylation is 2. The van der Waals surface area contributed by atoms with E-state index < -0.39 is 0 Å². The van der Waals surface area contributed by atoms with Gasteiger partial charge in [-0.3, -0.25) is 0 Å². The monoisotopic (exact) mass is 416 g/mol. The minimum atomic E-state index is 1.19. The lowest BCUT2D eigenvalue weighted by Gasteiger charge is -2.12. The smallest absolute Gasteiger partial charge is 0.0352 e. The van der Waals surface area contributed by atoms with Crippen LogP contribution in [0.4, 0.5) is 0 Å². The van der Waals surface area contributed by atoms with Crippen LogP contribution in [-0.2, 0) is 12.8 Å². The van der Waals surface area contributed by atoms with E-state index in [1.165, 1.54) is 65.1 Å². The molecule has 1 aliphatic carbocycles. The predicted molar refractivity (Wildman–Crippen MR) is 132 cm³/mol. The fourth-order valence-corrected chi connectivity index (χ4v) is 7.62. The zero-order valence-electron chi connectivity index (χ0n) is 17.4. The van der Waals surface area contributed by atoms with Crippen LogP contribution >= 0.6 is 22.7 Å². The van der Waals surface area contributed by atoms with Crippen molar-refractivity contribution in [2.24, 2.45) is 0 Å². The second-order valence-electron chi connectivity index (χ2n) is 8.10. The van der Waals surface area contributed by atoms with Crippen molar-refractivity contribution in [2.75, 3.05) is 0 Å². The van der Waals surface area contributed by atoms with Gasteiger partial charge in [-0.1, -0.05) is 63.1 Å². The normalized spacial score (nSPS) is 14.6. The second-order valence-corrected chi connectivity index (χ2v) is 10.4. The van der Waals surface area contributed by atoms with Crippen LogP contribution in [0.1, 0.15) is 66.8 Å². The van der Waals surface area contributed by atoms with Crippen molar-refractivity contribution in [2.45, 2.75) is 58.8 Å².